The molecule has 3 rings (SSSR count). The van der Waals surface area contributed by atoms with Gasteiger partial charge in [0.25, 0.3) is 5.91 Å². The van der Waals surface area contributed by atoms with Crippen LogP contribution in [-0.4, -0.2) is 35.1 Å². The van der Waals surface area contributed by atoms with Crippen molar-refractivity contribution in [1.29, 1.82) is 0 Å². The number of likely N-dealkylation sites (tertiary alicyclic amines) is 1. The molecule has 7 heteroatoms. The topological polar surface area (TPSA) is 81.6 Å². The number of hydrogen-bond acceptors (Lipinski definition) is 5. The number of rotatable bonds is 5. The van der Waals surface area contributed by atoms with Gasteiger partial charge in [-0.1, -0.05) is 17.3 Å². The first-order chi connectivity index (χ1) is 12.0. The first-order valence-electron chi connectivity index (χ1n) is 8.65. The maximum atomic E-state index is 13.0. The highest BCUT2D eigenvalue weighted by Crippen LogP contribution is 2.28. The van der Waals surface area contributed by atoms with Crippen LogP contribution < -0.4 is 10.5 Å². The van der Waals surface area contributed by atoms with E-state index < -0.39 is 0 Å². The highest BCUT2D eigenvalue weighted by molar-refractivity contribution is 5.97. The van der Waals surface area contributed by atoms with Gasteiger partial charge in [0.2, 0.25) is 0 Å². The molecule has 0 aliphatic carbocycles. The second-order valence-corrected chi connectivity index (χ2v) is 6.73. The Balaban J connectivity index is 0.00000243. The molecule has 1 aromatic heterocycles. The Morgan fingerprint density at radius 1 is 1.38 bits per heavy atom. The largest absolute Gasteiger partial charge is 0.488 e. The molecule has 0 spiro atoms. The van der Waals surface area contributed by atoms with Crippen LogP contribution in [0.5, 0.6) is 5.75 Å². The highest BCUT2D eigenvalue weighted by Gasteiger charge is 2.33. The van der Waals surface area contributed by atoms with Crippen LogP contribution in [0.2, 0.25) is 0 Å². The zero-order chi connectivity index (χ0) is 18.0. The smallest absolute Gasteiger partial charge is 0.257 e. The second-order valence-electron chi connectivity index (χ2n) is 6.73. The quantitative estimate of drug-likeness (QED) is 0.863. The Labute approximate surface area is 160 Å². The van der Waals surface area contributed by atoms with E-state index in [0.717, 1.165) is 23.4 Å². The highest BCUT2D eigenvalue weighted by atomic mass is 35.5. The maximum Gasteiger partial charge on any atom is 0.257 e. The number of aromatic nitrogens is 1. The van der Waals surface area contributed by atoms with Gasteiger partial charge in [0.1, 0.15) is 18.1 Å². The molecular weight excluding hydrogens is 354 g/mol. The molecule has 0 saturated carbocycles. The van der Waals surface area contributed by atoms with Gasteiger partial charge in [0.05, 0.1) is 16.8 Å². The van der Waals surface area contributed by atoms with Crippen molar-refractivity contribution in [1.82, 2.24) is 10.1 Å². The van der Waals surface area contributed by atoms with Crippen LogP contribution in [0.3, 0.4) is 0 Å². The third-order valence-corrected chi connectivity index (χ3v) is 4.93. The number of carbonyl (C=O) groups excluding carboxylic acids is 1. The van der Waals surface area contributed by atoms with Crippen molar-refractivity contribution in [2.24, 2.45) is 11.7 Å². The molecule has 142 valence electrons. The fourth-order valence-electron chi connectivity index (χ4n) is 3.38. The van der Waals surface area contributed by atoms with E-state index in [2.05, 4.69) is 12.1 Å². The van der Waals surface area contributed by atoms with Crippen molar-refractivity contribution in [2.75, 3.05) is 13.1 Å². The van der Waals surface area contributed by atoms with Crippen molar-refractivity contribution >= 4 is 18.3 Å². The van der Waals surface area contributed by atoms with E-state index in [0.29, 0.717) is 36.9 Å². The Hall–Kier alpha value is -2.05. The number of carbonyl (C=O) groups is 1. The molecule has 1 fully saturated rings. The van der Waals surface area contributed by atoms with Crippen LogP contribution in [0.1, 0.15) is 40.7 Å². The minimum atomic E-state index is -0.00203. The molecule has 26 heavy (non-hydrogen) atoms. The summed E-state index contributed by atoms with van der Waals surface area (Å²) in [6.45, 7) is 7.44. The Morgan fingerprint density at radius 3 is 2.73 bits per heavy atom. The summed E-state index contributed by atoms with van der Waals surface area (Å²) < 4.78 is 11.1. The van der Waals surface area contributed by atoms with Crippen molar-refractivity contribution < 1.29 is 14.1 Å². The van der Waals surface area contributed by atoms with E-state index in [-0.39, 0.29) is 24.4 Å². The fraction of sp³-hybridized carbons (Fsp3) is 0.474. The maximum absolute atomic E-state index is 13.0. The Bertz CT molecular complexity index is 743. The lowest BCUT2D eigenvalue weighted by molar-refractivity contribution is 0.0738. The van der Waals surface area contributed by atoms with Crippen molar-refractivity contribution in [3.63, 3.8) is 0 Å². The van der Waals surface area contributed by atoms with E-state index in [1.807, 2.05) is 43.0 Å². The Kier molecular flexibility index (Phi) is 6.67. The number of hydrogen-bond donors (Lipinski definition) is 1. The minimum Gasteiger partial charge on any atom is -0.488 e. The molecule has 2 atom stereocenters. The van der Waals surface area contributed by atoms with Crippen LogP contribution in [0.25, 0.3) is 0 Å². The van der Waals surface area contributed by atoms with Crippen molar-refractivity contribution in [3.05, 3.63) is 46.8 Å². The summed E-state index contributed by atoms with van der Waals surface area (Å²) in [5.41, 5.74) is 8.08. The number of para-hydroxylation sites is 1. The molecule has 2 N–H and O–H groups in total. The lowest BCUT2D eigenvalue weighted by Crippen LogP contribution is -2.34. The van der Waals surface area contributed by atoms with E-state index in [4.69, 9.17) is 15.0 Å². The van der Waals surface area contributed by atoms with E-state index in [9.17, 15) is 4.79 Å². The van der Waals surface area contributed by atoms with Gasteiger partial charge in [-0.15, -0.1) is 12.4 Å². The molecule has 1 aromatic carbocycles. The summed E-state index contributed by atoms with van der Waals surface area (Å²) in [7, 11) is 0. The molecule has 0 radical (unpaired) electrons. The fourth-order valence-corrected chi connectivity index (χ4v) is 3.38. The number of nitrogens with two attached hydrogens (primary N) is 1. The number of nitrogens with zero attached hydrogens (tertiary/aromatic N) is 2. The SMILES string of the molecule is Cc1noc(C)c1COc1ccccc1C(=O)N1CC(CN)CC1C.Cl. The first kappa shape index (κ1) is 20.3. The summed E-state index contributed by atoms with van der Waals surface area (Å²) in [4.78, 5) is 14.9. The summed E-state index contributed by atoms with van der Waals surface area (Å²) in [6.07, 6.45) is 0.949. The van der Waals surface area contributed by atoms with Gasteiger partial charge in [-0.3, -0.25) is 4.79 Å². The van der Waals surface area contributed by atoms with E-state index >= 15 is 0 Å². The van der Waals surface area contributed by atoms with Gasteiger partial charge >= 0.3 is 0 Å². The lowest BCUT2D eigenvalue weighted by Gasteiger charge is -2.23. The van der Waals surface area contributed by atoms with Crippen molar-refractivity contribution in [2.45, 2.75) is 39.8 Å². The second kappa shape index (κ2) is 8.56. The van der Waals surface area contributed by atoms with Gasteiger partial charge in [-0.05, 0) is 51.8 Å². The van der Waals surface area contributed by atoms with Crippen LogP contribution in [0.4, 0.5) is 0 Å². The standard InChI is InChI=1S/C19H25N3O3.ClH/c1-12-8-15(9-20)10-22(12)19(23)16-6-4-5-7-18(16)24-11-17-13(2)21-25-14(17)3;/h4-7,12,15H,8-11,20H2,1-3H3;1H. The molecule has 2 aromatic rings. The normalized spacial score (nSPS) is 19.3. The number of aryl methyl sites for hydroxylation is 2. The lowest BCUT2D eigenvalue weighted by atomic mass is 10.1. The molecule has 1 aliphatic heterocycles. The Morgan fingerprint density at radius 2 is 2.12 bits per heavy atom. The summed E-state index contributed by atoms with van der Waals surface area (Å²) in [6, 6.07) is 7.56. The van der Waals surface area contributed by atoms with E-state index in [1.54, 1.807) is 0 Å². The summed E-state index contributed by atoms with van der Waals surface area (Å²) in [5.74, 6) is 1.68. The number of halogens is 1. The summed E-state index contributed by atoms with van der Waals surface area (Å²) in [5, 5.41) is 3.93. The number of ether oxygens (including phenoxy) is 1. The molecule has 2 unspecified atom stereocenters. The molecule has 0 bridgehead atoms. The van der Waals surface area contributed by atoms with Gasteiger partial charge in [-0.25, -0.2) is 0 Å². The third kappa shape index (κ3) is 4.02. The van der Waals surface area contributed by atoms with Crippen LogP contribution >= 0.6 is 12.4 Å². The van der Waals surface area contributed by atoms with E-state index in [1.165, 1.54) is 0 Å². The molecule has 1 aliphatic rings. The van der Waals surface area contributed by atoms with Crippen LogP contribution in [0.15, 0.2) is 28.8 Å². The number of benzene rings is 1. The molecule has 2 heterocycles. The van der Waals surface area contributed by atoms with Gasteiger partial charge in [0.15, 0.2) is 0 Å². The van der Waals surface area contributed by atoms with Crippen molar-refractivity contribution in [3.8, 4) is 5.75 Å². The molecular formula is C19H26ClN3O3. The number of amides is 1. The molecule has 1 saturated heterocycles. The zero-order valence-electron chi connectivity index (χ0n) is 15.4. The average molecular weight is 380 g/mol. The minimum absolute atomic E-state index is 0. The molecule has 6 nitrogen and oxygen atoms in total. The monoisotopic (exact) mass is 379 g/mol. The molecule has 1 amide bonds. The predicted octanol–water partition coefficient (Wildman–Crippen LogP) is 3.10. The third-order valence-electron chi connectivity index (χ3n) is 4.93. The van der Waals surface area contributed by atoms with Crippen LogP contribution in [-0.2, 0) is 6.61 Å². The van der Waals surface area contributed by atoms with Crippen LogP contribution in [0, 0.1) is 19.8 Å². The summed E-state index contributed by atoms with van der Waals surface area (Å²) >= 11 is 0. The zero-order valence-corrected chi connectivity index (χ0v) is 16.2. The van der Waals surface area contributed by atoms with Gasteiger partial charge in [-0.2, -0.15) is 0 Å². The van der Waals surface area contributed by atoms with Gasteiger partial charge in [0, 0.05) is 12.6 Å². The average Bonchev–Trinajstić information content (AvgIpc) is 3.15. The predicted molar refractivity (Wildman–Crippen MR) is 102 cm³/mol. The van der Waals surface area contributed by atoms with Gasteiger partial charge < -0.3 is 19.9 Å². The first-order valence-corrected chi connectivity index (χ1v) is 8.65.